The van der Waals surface area contributed by atoms with Crippen LogP contribution in [0.5, 0.6) is 0 Å². The van der Waals surface area contributed by atoms with Crippen LogP contribution in [-0.2, 0) is 9.59 Å². The molecule has 0 aliphatic heterocycles. The molecular weight excluding hydrogens is 242 g/mol. The highest BCUT2D eigenvalue weighted by molar-refractivity contribution is 5.86. The average molecular weight is 269 g/mol. The van der Waals surface area contributed by atoms with Crippen LogP contribution in [0.3, 0.4) is 0 Å². The molecule has 2 atom stereocenters. The fourth-order valence-electron chi connectivity index (χ4n) is 2.76. The SMILES string of the molecule is CCNC(=O)CN(CC)C(=O)C1CCCCC1(C)N. The van der Waals surface area contributed by atoms with Gasteiger partial charge in [-0.05, 0) is 33.6 Å². The summed E-state index contributed by atoms with van der Waals surface area (Å²) in [4.78, 5) is 25.8. The van der Waals surface area contributed by atoms with Crippen molar-refractivity contribution in [1.29, 1.82) is 0 Å². The largest absolute Gasteiger partial charge is 0.355 e. The van der Waals surface area contributed by atoms with Crippen molar-refractivity contribution >= 4 is 11.8 Å². The van der Waals surface area contributed by atoms with Crippen molar-refractivity contribution in [2.24, 2.45) is 11.7 Å². The molecule has 1 aliphatic carbocycles. The number of rotatable bonds is 5. The first kappa shape index (κ1) is 16.0. The highest BCUT2D eigenvalue weighted by Crippen LogP contribution is 2.32. The van der Waals surface area contributed by atoms with E-state index in [1.807, 2.05) is 20.8 Å². The predicted octanol–water partition coefficient (Wildman–Crippen LogP) is 0.879. The van der Waals surface area contributed by atoms with Crippen LogP contribution < -0.4 is 11.1 Å². The first-order valence-corrected chi connectivity index (χ1v) is 7.26. The Morgan fingerprint density at radius 1 is 1.37 bits per heavy atom. The molecule has 0 heterocycles. The van der Waals surface area contributed by atoms with Crippen LogP contribution in [0, 0.1) is 5.92 Å². The summed E-state index contributed by atoms with van der Waals surface area (Å²) in [6.45, 7) is 6.98. The van der Waals surface area contributed by atoms with Gasteiger partial charge in [-0.15, -0.1) is 0 Å². The minimum atomic E-state index is -0.440. The van der Waals surface area contributed by atoms with Crippen molar-refractivity contribution in [3.63, 3.8) is 0 Å². The topological polar surface area (TPSA) is 75.4 Å². The van der Waals surface area contributed by atoms with Crippen LogP contribution in [0.1, 0.15) is 46.5 Å². The highest BCUT2D eigenvalue weighted by Gasteiger charge is 2.39. The van der Waals surface area contributed by atoms with Crippen molar-refractivity contribution in [1.82, 2.24) is 10.2 Å². The second kappa shape index (κ2) is 6.89. The quantitative estimate of drug-likeness (QED) is 0.778. The Morgan fingerprint density at radius 2 is 2.05 bits per heavy atom. The molecule has 5 nitrogen and oxygen atoms in total. The van der Waals surface area contributed by atoms with E-state index in [1.165, 1.54) is 0 Å². The first-order chi connectivity index (χ1) is 8.92. The first-order valence-electron chi connectivity index (χ1n) is 7.26. The standard InChI is InChI=1S/C14H27N3O2/c1-4-16-12(18)10-17(5-2)13(19)11-8-6-7-9-14(11,3)15/h11H,4-10,15H2,1-3H3,(H,16,18). The lowest BCUT2D eigenvalue weighted by Gasteiger charge is -2.39. The smallest absolute Gasteiger partial charge is 0.239 e. The number of hydrogen-bond donors (Lipinski definition) is 2. The molecule has 3 N–H and O–H groups in total. The Labute approximate surface area is 115 Å². The maximum Gasteiger partial charge on any atom is 0.239 e. The number of nitrogens with one attached hydrogen (secondary N) is 1. The van der Waals surface area contributed by atoms with E-state index in [1.54, 1.807) is 4.90 Å². The fraction of sp³-hybridized carbons (Fsp3) is 0.857. The summed E-state index contributed by atoms with van der Waals surface area (Å²) in [5, 5.41) is 2.72. The zero-order valence-electron chi connectivity index (χ0n) is 12.4. The van der Waals surface area contributed by atoms with Crippen LogP contribution in [0.4, 0.5) is 0 Å². The molecule has 2 amide bonds. The van der Waals surface area contributed by atoms with Crippen LogP contribution in [0.2, 0.25) is 0 Å². The van der Waals surface area contributed by atoms with Gasteiger partial charge in [-0.25, -0.2) is 0 Å². The molecule has 2 unspecified atom stereocenters. The number of carbonyl (C=O) groups is 2. The van der Waals surface area contributed by atoms with Crippen LogP contribution >= 0.6 is 0 Å². The average Bonchev–Trinajstić information content (AvgIpc) is 2.35. The molecule has 0 spiro atoms. The summed E-state index contributed by atoms with van der Waals surface area (Å²) < 4.78 is 0. The minimum Gasteiger partial charge on any atom is -0.355 e. The van der Waals surface area contributed by atoms with Gasteiger partial charge in [-0.1, -0.05) is 12.8 Å². The van der Waals surface area contributed by atoms with E-state index in [2.05, 4.69) is 5.32 Å². The van der Waals surface area contributed by atoms with Crippen molar-refractivity contribution in [2.75, 3.05) is 19.6 Å². The van der Waals surface area contributed by atoms with Crippen molar-refractivity contribution in [3.05, 3.63) is 0 Å². The van der Waals surface area contributed by atoms with Gasteiger partial charge in [0.1, 0.15) is 0 Å². The van der Waals surface area contributed by atoms with Gasteiger partial charge in [0.2, 0.25) is 11.8 Å². The van der Waals surface area contributed by atoms with Gasteiger partial charge in [0.25, 0.3) is 0 Å². The van der Waals surface area contributed by atoms with E-state index in [9.17, 15) is 9.59 Å². The number of nitrogens with zero attached hydrogens (tertiary/aromatic N) is 1. The Hall–Kier alpha value is -1.10. The van der Waals surface area contributed by atoms with E-state index >= 15 is 0 Å². The number of hydrogen-bond acceptors (Lipinski definition) is 3. The molecule has 0 saturated heterocycles. The number of likely N-dealkylation sites (N-methyl/N-ethyl adjacent to an activating group) is 2. The molecule has 1 rings (SSSR count). The lowest BCUT2D eigenvalue weighted by Crippen LogP contribution is -2.54. The van der Waals surface area contributed by atoms with Gasteiger partial charge < -0.3 is 16.0 Å². The Balaban J connectivity index is 2.69. The van der Waals surface area contributed by atoms with E-state index in [0.29, 0.717) is 13.1 Å². The molecule has 0 aromatic carbocycles. The molecule has 5 heteroatoms. The summed E-state index contributed by atoms with van der Waals surface area (Å²) in [6.07, 6.45) is 3.83. The Kier molecular flexibility index (Phi) is 5.79. The van der Waals surface area contributed by atoms with Gasteiger partial charge in [0.05, 0.1) is 12.5 Å². The maximum absolute atomic E-state index is 12.6. The van der Waals surface area contributed by atoms with Gasteiger partial charge >= 0.3 is 0 Å². The number of carbonyl (C=O) groups excluding carboxylic acids is 2. The van der Waals surface area contributed by atoms with Crippen LogP contribution in [0.15, 0.2) is 0 Å². The lowest BCUT2D eigenvalue weighted by atomic mass is 9.74. The molecule has 0 aromatic rings. The highest BCUT2D eigenvalue weighted by atomic mass is 16.2. The second-order valence-electron chi connectivity index (χ2n) is 5.61. The van der Waals surface area contributed by atoms with E-state index in [0.717, 1.165) is 25.7 Å². The fourth-order valence-corrected chi connectivity index (χ4v) is 2.76. The molecule has 0 radical (unpaired) electrons. The molecule has 1 aliphatic rings. The molecule has 1 saturated carbocycles. The molecular formula is C14H27N3O2. The van der Waals surface area contributed by atoms with Gasteiger partial charge in [-0.2, -0.15) is 0 Å². The molecule has 1 fully saturated rings. The third-order valence-electron chi connectivity index (χ3n) is 3.95. The summed E-state index contributed by atoms with van der Waals surface area (Å²) >= 11 is 0. The predicted molar refractivity (Wildman–Crippen MR) is 75.5 cm³/mol. The molecule has 0 aromatic heterocycles. The molecule has 110 valence electrons. The maximum atomic E-state index is 12.6. The minimum absolute atomic E-state index is 0.0263. The number of nitrogens with two attached hydrogens (primary N) is 1. The third kappa shape index (κ3) is 4.20. The van der Waals surface area contributed by atoms with E-state index in [-0.39, 0.29) is 24.3 Å². The van der Waals surface area contributed by atoms with Gasteiger partial charge in [0.15, 0.2) is 0 Å². The summed E-state index contributed by atoms with van der Waals surface area (Å²) in [6, 6.07) is 0. The molecule has 19 heavy (non-hydrogen) atoms. The van der Waals surface area contributed by atoms with Crippen molar-refractivity contribution < 1.29 is 9.59 Å². The van der Waals surface area contributed by atoms with Crippen LogP contribution in [-0.4, -0.2) is 41.9 Å². The summed E-state index contributed by atoms with van der Waals surface area (Å²) in [5.41, 5.74) is 5.82. The number of amides is 2. The lowest BCUT2D eigenvalue weighted by molar-refractivity contribution is -0.142. The van der Waals surface area contributed by atoms with Gasteiger partial charge in [-0.3, -0.25) is 9.59 Å². The Bertz CT molecular complexity index is 329. The zero-order chi connectivity index (χ0) is 14.5. The normalized spacial score (nSPS) is 26.8. The van der Waals surface area contributed by atoms with Crippen molar-refractivity contribution in [2.45, 2.75) is 52.0 Å². The van der Waals surface area contributed by atoms with Gasteiger partial charge in [0, 0.05) is 18.6 Å². The molecule has 0 bridgehead atoms. The van der Waals surface area contributed by atoms with Crippen molar-refractivity contribution in [3.8, 4) is 0 Å². The van der Waals surface area contributed by atoms with Crippen LogP contribution in [0.25, 0.3) is 0 Å². The second-order valence-corrected chi connectivity index (χ2v) is 5.61. The summed E-state index contributed by atoms with van der Waals surface area (Å²) in [7, 11) is 0. The monoisotopic (exact) mass is 269 g/mol. The Morgan fingerprint density at radius 3 is 2.58 bits per heavy atom. The van der Waals surface area contributed by atoms with E-state index < -0.39 is 5.54 Å². The zero-order valence-corrected chi connectivity index (χ0v) is 12.4. The third-order valence-corrected chi connectivity index (χ3v) is 3.95. The van der Waals surface area contributed by atoms with E-state index in [4.69, 9.17) is 5.73 Å². The summed E-state index contributed by atoms with van der Waals surface area (Å²) in [5.74, 6) is -0.235.